The Kier molecular flexibility index (Phi) is 10.4. The summed E-state index contributed by atoms with van der Waals surface area (Å²) in [5, 5.41) is 6.52. The zero-order valence-corrected chi connectivity index (χ0v) is 19.8. The number of nitrogens with zero attached hydrogens (tertiary/aromatic N) is 2. The highest BCUT2D eigenvalue weighted by Crippen LogP contribution is 2.26. The molecule has 26 heavy (non-hydrogen) atoms. The average Bonchev–Trinajstić information content (AvgIpc) is 3.08. The molecule has 0 spiro atoms. The summed E-state index contributed by atoms with van der Waals surface area (Å²) in [4.78, 5) is 5.19. The maximum atomic E-state index is 12.7. The second-order valence-electron chi connectivity index (χ2n) is 6.72. The van der Waals surface area contributed by atoms with Crippen molar-refractivity contribution in [2.75, 3.05) is 26.7 Å². The number of hydrogen-bond donors (Lipinski definition) is 2. The fourth-order valence-electron chi connectivity index (χ4n) is 2.70. The van der Waals surface area contributed by atoms with Gasteiger partial charge >= 0.3 is 0 Å². The van der Waals surface area contributed by atoms with Gasteiger partial charge < -0.3 is 10.6 Å². The summed E-state index contributed by atoms with van der Waals surface area (Å²) in [6.45, 7) is 7.10. The Morgan fingerprint density at radius 1 is 1.23 bits per heavy atom. The smallest absolute Gasteiger partial charge is 0.252 e. The molecule has 9 heteroatoms. The molecule has 0 saturated carbocycles. The highest BCUT2D eigenvalue weighted by molar-refractivity contribution is 14.0. The Labute approximate surface area is 178 Å². The van der Waals surface area contributed by atoms with Crippen LogP contribution in [0.5, 0.6) is 0 Å². The van der Waals surface area contributed by atoms with Crippen LogP contribution in [0, 0.1) is 5.92 Å². The first-order chi connectivity index (χ1) is 11.9. The molecule has 1 fully saturated rings. The van der Waals surface area contributed by atoms with Crippen molar-refractivity contribution in [3.05, 3.63) is 17.0 Å². The van der Waals surface area contributed by atoms with Crippen LogP contribution in [0.25, 0.3) is 0 Å². The van der Waals surface area contributed by atoms with Gasteiger partial charge in [-0.2, -0.15) is 4.31 Å². The molecule has 1 aliphatic rings. The second-order valence-corrected chi connectivity index (χ2v) is 10.1. The van der Waals surface area contributed by atoms with Crippen LogP contribution in [0.3, 0.4) is 0 Å². The Morgan fingerprint density at radius 2 is 1.92 bits per heavy atom. The second kappa shape index (κ2) is 11.5. The zero-order valence-electron chi connectivity index (χ0n) is 15.8. The van der Waals surface area contributed by atoms with E-state index in [0.717, 1.165) is 43.1 Å². The van der Waals surface area contributed by atoms with E-state index in [1.807, 2.05) is 6.07 Å². The number of aliphatic imine (C=N–C) groups is 1. The Balaban J connectivity index is 0.00000338. The first kappa shape index (κ1) is 23.6. The van der Waals surface area contributed by atoms with Crippen LogP contribution in [-0.2, 0) is 16.6 Å². The molecule has 0 aliphatic carbocycles. The fourth-order valence-corrected chi connectivity index (χ4v) is 5.66. The van der Waals surface area contributed by atoms with E-state index in [4.69, 9.17) is 0 Å². The van der Waals surface area contributed by atoms with Crippen LogP contribution in [0.15, 0.2) is 21.3 Å². The number of guanidine groups is 1. The predicted octanol–water partition coefficient (Wildman–Crippen LogP) is 3.25. The fraction of sp³-hybridized carbons (Fsp3) is 0.706. The quantitative estimate of drug-likeness (QED) is 0.333. The summed E-state index contributed by atoms with van der Waals surface area (Å²) in [5.74, 6) is 1.39. The number of halogens is 1. The van der Waals surface area contributed by atoms with Gasteiger partial charge in [0.05, 0.1) is 6.54 Å². The first-order valence-electron chi connectivity index (χ1n) is 8.97. The van der Waals surface area contributed by atoms with Gasteiger partial charge in [0, 0.05) is 31.6 Å². The van der Waals surface area contributed by atoms with E-state index in [9.17, 15) is 8.42 Å². The number of sulfonamides is 1. The molecule has 6 nitrogen and oxygen atoms in total. The van der Waals surface area contributed by atoms with Crippen LogP contribution >= 0.6 is 35.3 Å². The van der Waals surface area contributed by atoms with Crippen LogP contribution in [-0.4, -0.2) is 45.4 Å². The molecule has 0 aromatic carbocycles. The summed E-state index contributed by atoms with van der Waals surface area (Å²) in [7, 11) is -1.59. The minimum atomic E-state index is -3.33. The van der Waals surface area contributed by atoms with Gasteiger partial charge in [0.15, 0.2) is 5.96 Å². The van der Waals surface area contributed by atoms with Gasteiger partial charge in [-0.1, -0.05) is 20.3 Å². The third-order valence-corrected chi connectivity index (χ3v) is 7.67. The minimum Gasteiger partial charge on any atom is -0.356 e. The maximum absolute atomic E-state index is 12.7. The molecule has 0 bridgehead atoms. The highest BCUT2D eigenvalue weighted by Gasteiger charge is 2.27. The lowest BCUT2D eigenvalue weighted by Crippen LogP contribution is -2.37. The largest absolute Gasteiger partial charge is 0.356 e. The molecular formula is C17H31IN4O2S2. The number of hydrogen-bond acceptors (Lipinski definition) is 4. The standard InChI is InChI=1S/C17H30N4O2S2.HI/c1-14(2)9-10-19-17(18-3)20-13-15-7-8-16(24-15)25(22,23)21-11-5-4-6-12-21;/h7-8,14H,4-6,9-13H2,1-3H3,(H2,18,19,20);1H. The molecule has 2 N–H and O–H groups in total. The lowest BCUT2D eigenvalue weighted by Gasteiger charge is -2.25. The van der Waals surface area contributed by atoms with Gasteiger partial charge in [-0.05, 0) is 37.3 Å². The van der Waals surface area contributed by atoms with Gasteiger partial charge in [-0.15, -0.1) is 35.3 Å². The Bertz CT molecular complexity index is 668. The monoisotopic (exact) mass is 514 g/mol. The molecule has 0 atom stereocenters. The molecule has 1 aliphatic heterocycles. The predicted molar refractivity (Wildman–Crippen MR) is 120 cm³/mol. The van der Waals surface area contributed by atoms with Crippen molar-refractivity contribution in [2.45, 2.75) is 50.3 Å². The van der Waals surface area contributed by atoms with Gasteiger partial charge in [0.25, 0.3) is 10.0 Å². The lowest BCUT2D eigenvalue weighted by atomic mass is 10.1. The zero-order chi connectivity index (χ0) is 18.3. The van der Waals surface area contributed by atoms with Crippen LogP contribution in [0.1, 0.15) is 44.4 Å². The summed E-state index contributed by atoms with van der Waals surface area (Å²) in [6, 6.07) is 3.61. The molecule has 2 rings (SSSR count). The number of nitrogens with one attached hydrogen (secondary N) is 2. The highest BCUT2D eigenvalue weighted by atomic mass is 127. The van der Waals surface area contributed by atoms with Gasteiger partial charge in [-0.25, -0.2) is 8.42 Å². The van der Waals surface area contributed by atoms with E-state index in [1.54, 1.807) is 17.4 Å². The van der Waals surface area contributed by atoms with Crippen molar-refractivity contribution in [1.82, 2.24) is 14.9 Å². The number of rotatable bonds is 7. The van der Waals surface area contributed by atoms with Crippen molar-refractivity contribution >= 4 is 51.3 Å². The molecule has 1 aromatic heterocycles. The molecule has 150 valence electrons. The third-order valence-electron chi connectivity index (χ3n) is 4.21. The first-order valence-corrected chi connectivity index (χ1v) is 11.2. The molecule has 1 saturated heterocycles. The topological polar surface area (TPSA) is 73.8 Å². The SMILES string of the molecule is CN=C(NCCC(C)C)NCc1ccc(S(=O)(=O)N2CCCCC2)s1.I. The van der Waals surface area contributed by atoms with E-state index >= 15 is 0 Å². The lowest BCUT2D eigenvalue weighted by molar-refractivity contribution is 0.347. The van der Waals surface area contributed by atoms with Crippen molar-refractivity contribution in [1.29, 1.82) is 0 Å². The van der Waals surface area contributed by atoms with E-state index in [2.05, 4.69) is 29.5 Å². The van der Waals surface area contributed by atoms with Gasteiger partial charge in [0.2, 0.25) is 0 Å². The van der Waals surface area contributed by atoms with Crippen LogP contribution in [0.2, 0.25) is 0 Å². The van der Waals surface area contributed by atoms with Gasteiger partial charge in [0.1, 0.15) is 4.21 Å². The molecule has 0 radical (unpaired) electrons. The van der Waals surface area contributed by atoms with Gasteiger partial charge in [-0.3, -0.25) is 4.99 Å². The molecular weight excluding hydrogens is 483 g/mol. The summed E-state index contributed by atoms with van der Waals surface area (Å²) >= 11 is 1.34. The molecule has 0 amide bonds. The summed E-state index contributed by atoms with van der Waals surface area (Å²) in [5.41, 5.74) is 0. The summed E-state index contributed by atoms with van der Waals surface area (Å²) < 4.78 is 27.4. The van der Waals surface area contributed by atoms with E-state index in [-0.39, 0.29) is 24.0 Å². The normalized spacial score (nSPS) is 16.4. The number of thiophene rings is 1. The van der Waals surface area contributed by atoms with Crippen molar-refractivity contribution in [2.24, 2.45) is 10.9 Å². The Morgan fingerprint density at radius 3 is 2.54 bits per heavy atom. The molecule has 2 heterocycles. The maximum Gasteiger partial charge on any atom is 0.252 e. The number of piperidine rings is 1. The minimum absolute atomic E-state index is 0. The van der Waals surface area contributed by atoms with Crippen LogP contribution < -0.4 is 10.6 Å². The van der Waals surface area contributed by atoms with E-state index < -0.39 is 10.0 Å². The van der Waals surface area contributed by atoms with Crippen molar-refractivity contribution < 1.29 is 8.42 Å². The average molecular weight is 514 g/mol. The summed E-state index contributed by atoms with van der Waals surface area (Å²) in [6.07, 6.45) is 4.11. The van der Waals surface area contributed by atoms with E-state index in [0.29, 0.717) is 29.8 Å². The van der Waals surface area contributed by atoms with Crippen molar-refractivity contribution in [3.63, 3.8) is 0 Å². The van der Waals surface area contributed by atoms with Crippen molar-refractivity contribution in [3.8, 4) is 0 Å². The van der Waals surface area contributed by atoms with E-state index in [1.165, 1.54) is 11.3 Å². The Hall–Kier alpha value is -0.390. The third kappa shape index (κ3) is 6.97. The molecule has 1 aromatic rings. The van der Waals surface area contributed by atoms with Crippen LogP contribution in [0.4, 0.5) is 0 Å². The molecule has 0 unspecified atom stereocenters.